The summed E-state index contributed by atoms with van der Waals surface area (Å²) in [6.45, 7) is 8.33. The van der Waals surface area contributed by atoms with Crippen molar-refractivity contribution in [3.8, 4) is 0 Å². The minimum absolute atomic E-state index is 0.389. The van der Waals surface area contributed by atoms with Gasteiger partial charge < -0.3 is 4.74 Å². The molecule has 0 aromatic heterocycles. The van der Waals surface area contributed by atoms with Gasteiger partial charge in [0.1, 0.15) is 6.61 Å². The Hall–Kier alpha value is -0.980. The lowest BCUT2D eigenvalue weighted by Crippen LogP contribution is -1.84. The summed E-state index contributed by atoms with van der Waals surface area (Å²) in [5, 5.41) is 0. The molecule has 0 aliphatic carbocycles. The van der Waals surface area contributed by atoms with E-state index >= 15 is 0 Å². The lowest BCUT2D eigenvalue weighted by molar-refractivity contribution is 0.287. The summed E-state index contributed by atoms with van der Waals surface area (Å²) in [5.74, 6) is 0.389. The molecule has 11 heavy (non-hydrogen) atoms. The van der Waals surface area contributed by atoms with E-state index < -0.39 is 0 Å². The molecule has 0 N–H and O–H groups in total. The largest absolute Gasteiger partial charge is 0.497 e. The maximum atomic E-state index is 5.13. The van der Waals surface area contributed by atoms with Crippen molar-refractivity contribution in [1.82, 2.24) is 0 Å². The fourth-order valence-corrected chi connectivity index (χ4v) is 0.465. The van der Waals surface area contributed by atoms with Gasteiger partial charge in [-0.25, -0.2) is 0 Å². The Morgan fingerprint density at radius 1 is 1.55 bits per heavy atom. The van der Waals surface area contributed by atoms with E-state index in [0.717, 1.165) is 0 Å². The van der Waals surface area contributed by atoms with Gasteiger partial charge in [-0.05, 0) is 18.9 Å². The topological polar surface area (TPSA) is 9.23 Å². The Labute approximate surface area is 69.1 Å². The van der Waals surface area contributed by atoms with Gasteiger partial charge in [0.2, 0.25) is 0 Å². The molecule has 1 heteroatoms. The fourth-order valence-electron chi connectivity index (χ4n) is 0.465. The molecule has 1 nitrogen and oxygen atoms in total. The molecule has 0 aromatic carbocycles. The molecule has 0 aromatic rings. The summed E-state index contributed by atoms with van der Waals surface area (Å²) in [5.41, 5.74) is 0. The highest BCUT2D eigenvalue weighted by molar-refractivity contribution is 4.91. The second-order valence-corrected chi connectivity index (χ2v) is 2.33. The number of hydrogen-bond donors (Lipinski definition) is 0. The van der Waals surface area contributed by atoms with Crippen LogP contribution in [0.4, 0.5) is 0 Å². The van der Waals surface area contributed by atoms with Crippen molar-refractivity contribution >= 4 is 0 Å². The third-order valence-corrected chi connectivity index (χ3v) is 1.28. The summed E-state index contributed by atoms with van der Waals surface area (Å²) in [7, 11) is 0. The zero-order valence-electron chi connectivity index (χ0n) is 7.29. The molecule has 0 fully saturated rings. The third kappa shape index (κ3) is 6.91. The standard InChI is InChI=1S/C10H16O/c1-4-6-8-11-9-7-10(3)5-2/h4-7,9-10H,2,8H2,1,3H3/b6-4+,9-7+. The fraction of sp³-hybridized carbons (Fsp3) is 0.400. The summed E-state index contributed by atoms with van der Waals surface area (Å²) < 4.78 is 5.13. The van der Waals surface area contributed by atoms with E-state index in [4.69, 9.17) is 4.74 Å². The predicted octanol–water partition coefficient (Wildman–Crippen LogP) is 2.91. The third-order valence-electron chi connectivity index (χ3n) is 1.28. The number of hydrogen-bond acceptors (Lipinski definition) is 1. The van der Waals surface area contributed by atoms with E-state index in [0.29, 0.717) is 12.5 Å². The van der Waals surface area contributed by atoms with Crippen LogP contribution < -0.4 is 0 Å². The van der Waals surface area contributed by atoms with E-state index in [-0.39, 0.29) is 0 Å². The first-order valence-corrected chi connectivity index (χ1v) is 3.83. The van der Waals surface area contributed by atoms with Crippen LogP contribution in [-0.4, -0.2) is 6.61 Å². The molecule has 0 aliphatic heterocycles. The zero-order valence-corrected chi connectivity index (χ0v) is 7.29. The molecular weight excluding hydrogens is 136 g/mol. The molecule has 0 saturated carbocycles. The highest BCUT2D eigenvalue weighted by Crippen LogP contribution is 1.96. The van der Waals surface area contributed by atoms with E-state index in [1.165, 1.54) is 0 Å². The smallest absolute Gasteiger partial charge is 0.105 e. The predicted molar refractivity (Wildman–Crippen MR) is 49.3 cm³/mol. The molecule has 0 saturated heterocycles. The second kappa shape index (κ2) is 7.13. The van der Waals surface area contributed by atoms with E-state index in [9.17, 15) is 0 Å². The van der Waals surface area contributed by atoms with Crippen molar-refractivity contribution in [2.75, 3.05) is 6.61 Å². The van der Waals surface area contributed by atoms with Gasteiger partial charge >= 0.3 is 0 Å². The average Bonchev–Trinajstić information content (AvgIpc) is 2.04. The summed E-state index contributed by atoms with van der Waals surface area (Å²) in [6.07, 6.45) is 9.48. The molecule has 62 valence electrons. The van der Waals surface area contributed by atoms with Gasteiger partial charge in [-0.15, -0.1) is 6.58 Å². The van der Waals surface area contributed by atoms with E-state index in [1.807, 2.05) is 31.2 Å². The first-order chi connectivity index (χ1) is 5.31. The molecule has 0 radical (unpaired) electrons. The molecule has 0 heterocycles. The highest BCUT2D eigenvalue weighted by Gasteiger charge is 1.84. The van der Waals surface area contributed by atoms with E-state index in [2.05, 4.69) is 13.5 Å². The Morgan fingerprint density at radius 3 is 2.82 bits per heavy atom. The lowest BCUT2D eigenvalue weighted by Gasteiger charge is -1.96. The normalized spacial score (nSPS) is 14.0. The van der Waals surface area contributed by atoms with Gasteiger partial charge in [-0.2, -0.15) is 0 Å². The molecule has 0 amide bonds. The van der Waals surface area contributed by atoms with Gasteiger partial charge in [0, 0.05) is 0 Å². The Morgan fingerprint density at radius 2 is 2.27 bits per heavy atom. The molecule has 1 atom stereocenters. The maximum absolute atomic E-state index is 5.13. The van der Waals surface area contributed by atoms with Crippen molar-refractivity contribution in [1.29, 1.82) is 0 Å². The van der Waals surface area contributed by atoms with Crippen molar-refractivity contribution in [3.63, 3.8) is 0 Å². The van der Waals surface area contributed by atoms with Crippen molar-refractivity contribution in [2.45, 2.75) is 13.8 Å². The van der Waals surface area contributed by atoms with Gasteiger partial charge in [0.15, 0.2) is 0 Å². The zero-order chi connectivity index (χ0) is 8.53. The molecular formula is C10H16O. The molecule has 0 spiro atoms. The van der Waals surface area contributed by atoms with Crippen LogP contribution in [0.3, 0.4) is 0 Å². The Balaban J connectivity index is 3.36. The minimum atomic E-state index is 0.389. The van der Waals surface area contributed by atoms with Crippen molar-refractivity contribution in [2.24, 2.45) is 5.92 Å². The lowest BCUT2D eigenvalue weighted by atomic mass is 10.2. The SMILES string of the molecule is C=CC(C)/C=C/OC/C=C/C. The van der Waals surface area contributed by atoms with Crippen LogP contribution >= 0.6 is 0 Å². The van der Waals surface area contributed by atoms with Crippen LogP contribution in [0.25, 0.3) is 0 Å². The maximum Gasteiger partial charge on any atom is 0.105 e. The van der Waals surface area contributed by atoms with Crippen LogP contribution in [0.2, 0.25) is 0 Å². The van der Waals surface area contributed by atoms with Gasteiger partial charge in [0.25, 0.3) is 0 Å². The van der Waals surface area contributed by atoms with Gasteiger partial charge in [-0.1, -0.05) is 25.2 Å². The average molecular weight is 152 g/mol. The summed E-state index contributed by atoms with van der Waals surface area (Å²) in [4.78, 5) is 0. The van der Waals surface area contributed by atoms with Crippen LogP contribution in [0.5, 0.6) is 0 Å². The molecule has 0 bridgehead atoms. The Bertz CT molecular complexity index is 145. The summed E-state index contributed by atoms with van der Waals surface area (Å²) >= 11 is 0. The van der Waals surface area contributed by atoms with Gasteiger partial charge in [-0.3, -0.25) is 0 Å². The number of rotatable bonds is 5. The minimum Gasteiger partial charge on any atom is -0.497 e. The second-order valence-electron chi connectivity index (χ2n) is 2.33. The first kappa shape index (κ1) is 10.0. The van der Waals surface area contributed by atoms with Crippen LogP contribution in [0.15, 0.2) is 37.1 Å². The molecule has 0 rings (SSSR count). The molecule has 1 unspecified atom stereocenters. The highest BCUT2D eigenvalue weighted by atomic mass is 16.5. The van der Waals surface area contributed by atoms with Crippen LogP contribution in [0, 0.1) is 5.92 Å². The number of ether oxygens (including phenoxy) is 1. The van der Waals surface area contributed by atoms with Crippen molar-refractivity contribution in [3.05, 3.63) is 37.1 Å². The number of allylic oxidation sites excluding steroid dienone is 3. The summed E-state index contributed by atoms with van der Waals surface area (Å²) in [6, 6.07) is 0. The quantitative estimate of drug-likeness (QED) is 0.334. The Kier molecular flexibility index (Phi) is 6.50. The first-order valence-electron chi connectivity index (χ1n) is 3.83. The monoisotopic (exact) mass is 152 g/mol. The van der Waals surface area contributed by atoms with Crippen molar-refractivity contribution < 1.29 is 4.74 Å². The van der Waals surface area contributed by atoms with Crippen LogP contribution in [-0.2, 0) is 4.74 Å². The molecule has 0 aliphatic rings. The van der Waals surface area contributed by atoms with E-state index in [1.54, 1.807) is 6.26 Å². The van der Waals surface area contributed by atoms with Crippen LogP contribution in [0.1, 0.15) is 13.8 Å². The van der Waals surface area contributed by atoms with Gasteiger partial charge in [0.05, 0.1) is 6.26 Å².